The molecule has 0 saturated heterocycles. The second-order valence-electron chi connectivity index (χ2n) is 9.89. The summed E-state index contributed by atoms with van der Waals surface area (Å²) in [6, 6.07) is 15.1. The number of aryl methyl sites for hydroxylation is 1. The van der Waals surface area contributed by atoms with E-state index in [1.807, 2.05) is 44.2 Å². The van der Waals surface area contributed by atoms with Gasteiger partial charge < -0.3 is 4.74 Å². The fourth-order valence-electron chi connectivity index (χ4n) is 4.64. The molecule has 10 heteroatoms. The number of rotatable bonds is 8. The second kappa shape index (κ2) is 11.0. The Labute approximate surface area is 229 Å². The molecule has 0 N–H and O–H groups in total. The fraction of sp³-hybridized carbons (Fsp3) is 0.267. The molecule has 0 aliphatic carbocycles. The van der Waals surface area contributed by atoms with Crippen molar-refractivity contribution in [2.45, 2.75) is 53.4 Å². The number of halogens is 2. The Morgan fingerprint density at radius 3 is 2.42 bits per heavy atom. The van der Waals surface area contributed by atoms with Crippen LogP contribution >= 0.6 is 0 Å². The lowest BCUT2D eigenvalue weighted by Gasteiger charge is -2.16. The SMILES string of the molecule is CCn1c(COCc2ccccc2)nn(-c2nc3c(C(C)C)cn(-c4cc(C)ccc4F)c(=O)c3cc2F)c1=O. The van der Waals surface area contributed by atoms with Crippen molar-refractivity contribution in [3.63, 3.8) is 0 Å². The number of benzene rings is 2. The van der Waals surface area contributed by atoms with Gasteiger partial charge in [0, 0.05) is 12.7 Å². The molecule has 8 nitrogen and oxygen atoms in total. The quantitative estimate of drug-likeness (QED) is 0.268. The Hall–Kier alpha value is -4.44. The van der Waals surface area contributed by atoms with Gasteiger partial charge in [-0.15, -0.1) is 5.10 Å². The van der Waals surface area contributed by atoms with Gasteiger partial charge in [-0.1, -0.05) is 50.2 Å². The molecule has 0 unspecified atom stereocenters. The Morgan fingerprint density at radius 2 is 1.73 bits per heavy atom. The van der Waals surface area contributed by atoms with E-state index in [9.17, 15) is 14.0 Å². The van der Waals surface area contributed by atoms with Crippen LogP contribution in [-0.2, 0) is 24.5 Å². The Balaban J connectivity index is 1.61. The molecule has 0 fully saturated rings. The molecule has 0 aliphatic heterocycles. The van der Waals surface area contributed by atoms with Crippen molar-refractivity contribution in [3.05, 3.63) is 116 Å². The molecule has 0 amide bonds. The van der Waals surface area contributed by atoms with E-state index < -0.39 is 22.9 Å². The highest BCUT2D eigenvalue weighted by Crippen LogP contribution is 2.26. The second-order valence-corrected chi connectivity index (χ2v) is 9.89. The van der Waals surface area contributed by atoms with E-state index >= 15 is 4.39 Å². The summed E-state index contributed by atoms with van der Waals surface area (Å²) in [5.41, 5.74) is 1.41. The van der Waals surface area contributed by atoms with Crippen molar-refractivity contribution in [1.29, 1.82) is 0 Å². The van der Waals surface area contributed by atoms with E-state index in [0.29, 0.717) is 24.5 Å². The highest BCUT2D eigenvalue weighted by Gasteiger charge is 2.22. The zero-order valence-corrected chi connectivity index (χ0v) is 22.7. The molecule has 0 spiro atoms. The Kier molecular flexibility index (Phi) is 7.44. The van der Waals surface area contributed by atoms with Gasteiger partial charge in [-0.3, -0.25) is 13.9 Å². The normalized spacial score (nSPS) is 11.6. The van der Waals surface area contributed by atoms with Crippen LogP contribution in [0.2, 0.25) is 0 Å². The average molecular weight is 546 g/mol. The highest BCUT2D eigenvalue weighted by atomic mass is 19.1. The average Bonchev–Trinajstić information content (AvgIpc) is 3.25. The van der Waals surface area contributed by atoms with Gasteiger partial charge in [0.05, 0.1) is 23.2 Å². The van der Waals surface area contributed by atoms with Gasteiger partial charge in [0.15, 0.2) is 17.5 Å². The minimum Gasteiger partial charge on any atom is -0.369 e. The molecule has 0 aliphatic rings. The molecule has 3 heterocycles. The van der Waals surface area contributed by atoms with E-state index in [-0.39, 0.29) is 34.9 Å². The first kappa shape index (κ1) is 27.1. The number of aromatic nitrogens is 5. The summed E-state index contributed by atoms with van der Waals surface area (Å²) in [5, 5.41) is 4.31. The van der Waals surface area contributed by atoms with Gasteiger partial charge in [0.25, 0.3) is 5.56 Å². The first-order valence-corrected chi connectivity index (χ1v) is 13.0. The molecule has 5 aromatic rings. The van der Waals surface area contributed by atoms with Crippen molar-refractivity contribution in [1.82, 2.24) is 23.9 Å². The smallest absolute Gasteiger partial charge is 0.352 e. The van der Waals surface area contributed by atoms with Crippen LogP contribution in [0.4, 0.5) is 8.78 Å². The van der Waals surface area contributed by atoms with Gasteiger partial charge in [-0.25, -0.2) is 18.6 Å². The van der Waals surface area contributed by atoms with Crippen LogP contribution in [0.5, 0.6) is 0 Å². The van der Waals surface area contributed by atoms with Gasteiger partial charge in [0.2, 0.25) is 0 Å². The topological polar surface area (TPSA) is 83.9 Å². The maximum atomic E-state index is 15.6. The zero-order chi connectivity index (χ0) is 28.6. The molecule has 206 valence electrons. The molecule has 2 aromatic carbocycles. The lowest BCUT2D eigenvalue weighted by atomic mass is 10.0. The first-order chi connectivity index (χ1) is 19.2. The van der Waals surface area contributed by atoms with E-state index in [1.165, 1.54) is 21.4 Å². The summed E-state index contributed by atoms with van der Waals surface area (Å²) in [7, 11) is 0. The lowest BCUT2D eigenvalue weighted by Crippen LogP contribution is -2.26. The number of fused-ring (bicyclic) bond motifs is 1. The van der Waals surface area contributed by atoms with E-state index in [2.05, 4.69) is 10.1 Å². The minimum atomic E-state index is -0.902. The van der Waals surface area contributed by atoms with Crippen LogP contribution in [0.25, 0.3) is 22.4 Å². The number of pyridine rings is 2. The third kappa shape index (κ3) is 4.98. The molecule has 3 aromatic heterocycles. The lowest BCUT2D eigenvalue weighted by molar-refractivity contribution is 0.0989. The van der Waals surface area contributed by atoms with Crippen molar-refractivity contribution >= 4 is 10.9 Å². The number of hydrogen-bond donors (Lipinski definition) is 0. The van der Waals surface area contributed by atoms with E-state index in [4.69, 9.17) is 4.74 Å². The maximum Gasteiger partial charge on any atom is 0.352 e. The number of ether oxygens (including phenoxy) is 1. The summed E-state index contributed by atoms with van der Waals surface area (Å²) in [4.78, 5) is 31.1. The van der Waals surface area contributed by atoms with Gasteiger partial charge >= 0.3 is 5.69 Å². The monoisotopic (exact) mass is 545 g/mol. The molecule has 0 atom stereocenters. The minimum absolute atomic E-state index is 0.0252. The van der Waals surface area contributed by atoms with Gasteiger partial charge in [-0.05, 0) is 54.7 Å². The van der Waals surface area contributed by atoms with Crippen molar-refractivity contribution in [2.24, 2.45) is 0 Å². The van der Waals surface area contributed by atoms with Crippen LogP contribution in [0.15, 0.2) is 70.4 Å². The largest absolute Gasteiger partial charge is 0.369 e. The maximum absolute atomic E-state index is 15.6. The van der Waals surface area contributed by atoms with E-state index in [0.717, 1.165) is 21.9 Å². The summed E-state index contributed by atoms with van der Waals surface area (Å²) in [5.74, 6) is -1.64. The molecular formula is C30H29F2N5O3. The Bertz CT molecular complexity index is 1820. The molecule has 40 heavy (non-hydrogen) atoms. The molecule has 5 rings (SSSR count). The molecule has 0 bridgehead atoms. The molecule has 0 saturated carbocycles. The van der Waals surface area contributed by atoms with Crippen LogP contribution in [0.3, 0.4) is 0 Å². The van der Waals surface area contributed by atoms with Crippen LogP contribution in [0.1, 0.15) is 49.2 Å². The number of hydrogen-bond acceptors (Lipinski definition) is 5. The molecule has 0 radical (unpaired) electrons. The summed E-state index contributed by atoms with van der Waals surface area (Å²) < 4.78 is 39.5. The Morgan fingerprint density at radius 1 is 0.975 bits per heavy atom. The first-order valence-electron chi connectivity index (χ1n) is 13.0. The third-order valence-corrected chi connectivity index (χ3v) is 6.73. The van der Waals surface area contributed by atoms with Crippen LogP contribution < -0.4 is 11.2 Å². The van der Waals surface area contributed by atoms with E-state index in [1.54, 1.807) is 26.0 Å². The van der Waals surface area contributed by atoms with Crippen molar-refractivity contribution < 1.29 is 13.5 Å². The summed E-state index contributed by atoms with van der Waals surface area (Å²) >= 11 is 0. The zero-order valence-electron chi connectivity index (χ0n) is 22.7. The highest BCUT2D eigenvalue weighted by molar-refractivity contribution is 5.82. The van der Waals surface area contributed by atoms with Gasteiger partial charge in [0.1, 0.15) is 12.4 Å². The third-order valence-electron chi connectivity index (χ3n) is 6.73. The van der Waals surface area contributed by atoms with Crippen molar-refractivity contribution in [3.8, 4) is 11.5 Å². The predicted molar refractivity (Wildman–Crippen MR) is 148 cm³/mol. The predicted octanol–water partition coefficient (Wildman–Crippen LogP) is 5.18. The van der Waals surface area contributed by atoms with Gasteiger partial charge in [-0.2, -0.15) is 4.68 Å². The van der Waals surface area contributed by atoms with Crippen molar-refractivity contribution in [2.75, 3.05) is 0 Å². The fourth-order valence-corrected chi connectivity index (χ4v) is 4.64. The number of nitrogens with zero attached hydrogens (tertiary/aromatic N) is 5. The summed E-state index contributed by atoms with van der Waals surface area (Å²) in [6.07, 6.45) is 1.53. The van der Waals surface area contributed by atoms with Crippen LogP contribution in [-0.4, -0.2) is 23.9 Å². The molecular weight excluding hydrogens is 516 g/mol. The van der Waals surface area contributed by atoms with Crippen LogP contribution in [0, 0.1) is 18.6 Å². The summed E-state index contributed by atoms with van der Waals surface area (Å²) in [6.45, 7) is 8.00. The standard InChI is InChI=1S/C30H29F2N5O3/c1-5-35-26(17-40-16-20-9-7-6-8-10-20)34-37(30(35)39)28-24(32)14-21-27(33-28)22(18(2)3)15-36(29(21)38)25-13-19(4)11-12-23(25)31/h6-15,18H,5,16-17H2,1-4H3.